The molecular weight excluding hydrogens is 336 g/mol. The number of carbonyl (C=O) groups excluding carboxylic acids is 2. The number of hydrogen-bond acceptors (Lipinski definition) is 5. The van der Waals surface area contributed by atoms with Crippen molar-refractivity contribution in [2.24, 2.45) is 0 Å². The molecule has 3 heterocycles. The molecule has 7 nitrogen and oxygen atoms in total. The maximum Gasteiger partial charge on any atom is 0.289 e. The van der Waals surface area contributed by atoms with E-state index in [-0.39, 0.29) is 18.6 Å². The molecule has 0 N–H and O–H groups in total. The minimum atomic E-state index is -0.125. The van der Waals surface area contributed by atoms with Gasteiger partial charge in [-0.3, -0.25) is 9.59 Å². The molecule has 0 saturated carbocycles. The van der Waals surface area contributed by atoms with Gasteiger partial charge in [-0.25, -0.2) is 0 Å². The van der Waals surface area contributed by atoms with Gasteiger partial charge in [-0.15, -0.1) is 0 Å². The molecule has 1 fully saturated rings. The zero-order valence-corrected chi connectivity index (χ0v) is 14.3. The first-order valence-corrected chi connectivity index (χ1v) is 8.70. The Hall–Kier alpha value is -2.96. The van der Waals surface area contributed by atoms with Crippen LogP contribution in [0.3, 0.4) is 0 Å². The lowest BCUT2D eigenvalue weighted by Gasteiger charge is -2.21. The lowest BCUT2D eigenvalue weighted by atomic mass is 10.1. The minimum absolute atomic E-state index is 0.0520. The first-order valence-electron chi connectivity index (χ1n) is 8.70. The van der Waals surface area contributed by atoms with Crippen molar-refractivity contribution >= 4 is 11.8 Å². The van der Waals surface area contributed by atoms with E-state index >= 15 is 0 Å². The van der Waals surface area contributed by atoms with Gasteiger partial charge in [0.1, 0.15) is 0 Å². The lowest BCUT2D eigenvalue weighted by Crippen LogP contribution is -2.37. The van der Waals surface area contributed by atoms with Crippen LogP contribution in [0.4, 0.5) is 0 Å². The number of hydrogen-bond donors (Lipinski definition) is 0. The van der Waals surface area contributed by atoms with Crippen LogP contribution in [0.1, 0.15) is 22.5 Å². The fourth-order valence-electron chi connectivity index (χ4n) is 3.26. The normalized spacial score (nSPS) is 16.5. The van der Waals surface area contributed by atoms with Crippen molar-refractivity contribution < 1.29 is 23.5 Å². The summed E-state index contributed by atoms with van der Waals surface area (Å²) in [6.07, 6.45) is 2.55. The highest BCUT2D eigenvalue weighted by molar-refractivity contribution is 5.91. The smallest absolute Gasteiger partial charge is 0.289 e. The Labute approximate surface area is 151 Å². The summed E-state index contributed by atoms with van der Waals surface area (Å²) in [5.74, 6) is 1.66. The van der Waals surface area contributed by atoms with Crippen molar-refractivity contribution in [1.82, 2.24) is 9.80 Å². The van der Waals surface area contributed by atoms with E-state index in [9.17, 15) is 9.59 Å². The summed E-state index contributed by atoms with van der Waals surface area (Å²) in [6, 6.07) is 8.93. The molecule has 136 valence electrons. The molecule has 0 unspecified atom stereocenters. The second kappa shape index (κ2) is 7.11. The van der Waals surface area contributed by atoms with Gasteiger partial charge in [-0.05, 0) is 36.2 Å². The molecule has 2 amide bonds. The summed E-state index contributed by atoms with van der Waals surface area (Å²) in [7, 11) is 0. The van der Waals surface area contributed by atoms with E-state index in [4.69, 9.17) is 13.9 Å². The van der Waals surface area contributed by atoms with Gasteiger partial charge in [0.2, 0.25) is 12.7 Å². The predicted octanol–water partition coefficient (Wildman–Crippen LogP) is 1.93. The highest BCUT2D eigenvalue weighted by Gasteiger charge is 2.24. The van der Waals surface area contributed by atoms with Crippen molar-refractivity contribution in [2.45, 2.75) is 12.8 Å². The van der Waals surface area contributed by atoms with Gasteiger partial charge in [0.25, 0.3) is 5.91 Å². The fourth-order valence-corrected chi connectivity index (χ4v) is 3.26. The average molecular weight is 356 g/mol. The summed E-state index contributed by atoms with van der Waals surface area (Å²) in [5.41, 5.74) is 0.895. The van der Waals surface area contributed by atoms with E-state index in [1.807, 2.05) is 23.1 Å². The molecule has 2 aromatic rings. The third-order valence-electron chi connectivity index (χ3n) is 4.66. The zero-order valence-electron chi connectivity index (χ0n) is 14.3. The first-order chi connectivity index (χ1) is 12.7. The number of amides is 2. The molecule has 1 saturated heterocycles. The van der Waals surface area contributed by atoms with Crippen LogP contribution >= 0.6 is 0 Å². The standard InChI is InChI=1S/C19H20N2O5/c22-18(12-14-4-5-15-17(11-14)26-13-25-15)20-6-2-7-21(9-8-20)19(23)16-3-1-10-24-16/h1,3-5,10-11H,2,6-9,12-13H2. The first kappa shape index (κ1) is 16.5. The predicted molar refractivity (Wildman–Crippen MR) is 92.1 cm³/mol. The molecule has 0 aliphatic carbocycles. The summed E-state index contributed by atoms with van der Waals surface area (Å²) in [4.78, 5) is 28.6. The molecule has 4 rings (SSSR count). The van der Waals surface area contributed by atoms with Gasteiger partial charge in [0.15, 0.2) is 17.3 Å². The van der Waals surface area contributed by atoms with Crippen LogP contribution in [-0.2, 0) is 11.2 Å². The van der Waals surface area contributed by atoms with Crippen molar-refractivity contribution in [2.75, 3.05) is 33.0 Å². The monoisotopic (exact) mass is 356 g/mol. The van der Waals surface area contributed by atoms with Gasteiger partial charge in [0, 0.05) is 26.2 Å². The third kappa shape index (κ3) is 3.37. The Kier molecular flexibility index (Phi) is 4.51. The average Bonchev–Trinajstić information content (AvgIpc) is 3.28. The number of furan rings is 1. The lowest BCUT2D eigenvalue weighted by molar-refractivity contribution is -0.130. The Morgan fingerprint density at radius 1 is 0.962 bits per heavy atom. The maximum absolute atomic E-state index is 12.7. The summed E-state index contributed by atoms with van der Waals surface area (Å²) < 4.78 is 15.8. The summed E-state index contributed by atoms with van der Waals surface area (Å²) >= 11 is 0. The van der Waals surface area contributed by atoms with Crippen LogP contribution in [0, 0.1) is 0 Å². The summed E-state index contributed by atoms with van der Waals surface area (Å²) in [6.45, 7) is 2.51. The fraction of sp³-hybridized carbons (Fsp3) is 0.368. The van der Waals surface area contributed by atoms with E-state index in [1.165, 1.54) is 6.26 Å². The van der Waals surface area contributed by atoms with E-state index < -0.39 is 0 Å². The Balaban J connectivity index is 1.36. The van der Waals surface area contributed by atoms with Crippen LogP contribution < -0.4 is 9.47 Å². The number of fused-ring (bicyclic) bond motifs is 1. The molecule has 0 atom stereocenters. The number of nitrogens with zero attached hydrogens (tertiary/aromatic N) is 2. The molecule has 0 spiro atoms. The Morgan fingerprint density at radius 3 is 2.62 bits per heavy atom. The second-order valence-corrected chi connectivity index (χ2v) is 6.37. The maximum atomic E-state index is 12.7. The third-order valence-corrected chi connectivity index (χ3v) is 4.66. The molecule has 2 aliphatic heterocycles. The molecule has 0 bridgehead atoms. The van der Waals surface area contributed by atoms with Gasteiger partial charge in [-0.2, -0.15) is 0 Å². The molecule has 0 radical (unpaired) electrons. The molecular formula is C19H20N2O5. The number of carbonyl (C=O) groups is 2. The van der Waals surface area contributed by atoms with Gasteiger partial charge in [-0.1, -0.05) is 6.07 Å². The highest BCUT2D eigenvalue weighted by atomic mass is 16.7. The largest absolute Gasteiger partial charge is 0.459 e. The molecule has 26 heavy (non-hydrogen) atoms. The quantitative estimate of drug-likeness (QED) is 0.840. The van der Waals surface area contributed by atoms with Crippen molar-refractivity contribution in [1.29, 1.82) is 0 Å². The van der Waals surface area contributed by atoms with E-state index in [1.54, 1.807) is 17.0 Å². The number of ether oxygens (including phenoxy) is 2. The van der Waals surface area contributed by atoms with Crippen LogP contribution in [-0.4, -0.2) is 54.6 Å². The number of rotatable bonds is 3. The van der Waals surface area contributed by atoms with Gasteiger partial charge >= 0.3 is 0 Å². The Morgan fingerprint density at radius 2 is 1.77 bits per heavy atom. The molecule has 7 heteroatoms. The SMILES string of the molecule is O=C(Cc1ccc2c(c1)OCO2)N1CCCN(C(=O)c2ccco2)CC1. The molecule has 1 aromatic carbocycles. The molecule has 1 aromatic heterocycles. The molecule has 2 aliphatic rings. The summed E-state index contributed by atoms with van der Waals surface area (Å²) in [5, 5.41) is 0. The van der Waals surface area contributed by atoms with Crippen molar-refractivity contribution in [3.05, 3.63) is 47.9 Å². The van der Waals surface area contributed by atoms with Crippen LogP contribution in [0.15, 0.2) is 41.0 Å². The van der Waals surface area contributed by atoms with Crippen molar-refractivity contribution in [3.63, 3.8) is 0 Å². The van der Waals surface area contributed by atoms with Crippen LogP contribution in [0.25, 0.3) is 0 Å². The second-order valence-electron chi connectivity index (χ2n) is 6.37. The number of benzene rings is 1. The van der Waals surface area contributed by atoms with Crippen molar-refractivity contribution in [3.8, 4) is 11.5 Å². The highest BCUT2D eigenvalue weighted by Crippen LogP contribution is 2.32. The van der Waals surface area contributed by atoms with E-state index in [2.05, 4.69) is 0 Å². The van der Waals surface area contributed by atoms with Gasteiger partial charge in [0.05, 0.1) is 12.7 Å². The Bertz CT molecular complexity index is 802. The van der Waals surface area contributed by atoms with E-state index in [0.717, 1.165) is 12.0 Å². The van der Waals surface area contributed by atoms with Crippen LogP contribution in [0.5, 0.6) is 11.5 Å². The topological polar surface area (TPSA) is 72.2 Å². The van der Waals surface area contributed by atoms with Crippen LogP contribution in [0.2, 0.25) is 0 Å². The van der Waals surface area contributed by atoms with Gasteiger partial charge < -0.3 is 23.7 Å². The minimum Gasteiger partial charge on any atom is -0.459 e. The zero-order chi connectivity index (χ0) is 17.9. The van der Waals surface area contributed by atoms with E-state index in [0.29, 0.717) is 49.9 Å².